The second kappa shape index (κ2) is 8.33. The smallest absolute Gasteiger partial charge is 0.320 e. The molecule has 0 saturated carbocycles. The number of aromatic nitrogens is 4. The van der Waals surface area contributed by atoms with Crippen molar-refractivity contribution in [2.45, 2.75) is 56.7 Å². The molecular formula is C24H30N8O2S. The number of hydrogen-bond acceptors (Lipinski definition) is 10. The van der Waals surface area contributed by atoms with Crippen LogP contribution in [0.15, 0.2) is 6.33 Å². The maximum atomic E-state index is 9.72. The van der Waals surface area contributed by atoms with Crippen LogP contribution in [0.2, 0.25) is 0 Å². The fraction of sp³-hybridized carbons (Fsp3) is 0.583. The van der Waals surface area contributed by atoms with Crippen molar-refractivity contribution in [3.05, 3.63) is 22.3 Å². The Morgan fingerprint density at radius 2 is 2.23 bits per heavy atom. The highest BCUT2D eigenvalue weighted by Gasteiger charge is 2.52. The van der Waals surface area contributed by atoms with Gasteiger partial charge in [0.05, 0.1) is 18.5 Å². The highest BCUT2D eigenvalue weighted by molar-refractivity contribution is 7.16. The number of nitriles is 1. The number of nitrogens with zero attached hydrogens (tertiary/aromatic N) is 7. The maximum absolute atomic E-state index is 9.72. The van der Waals surface area contributed by atoms with Crippen molar-refractivity contribution >= 4 is 33.3 Å². The van der Waals surface area contributed by atoms with E-state index >= 15 is 0 Å². The Bertz CT molecular complexity index is 1320. The van der Waals surface area contributed by atoms with Crippen LogP contribution in [0.25, 0.3) is 11.2 Å². The molecule has 5 heterocycles. The maximum Gasteiger partial charge on any atom is 0.320 e. The Labute approximate surface area is 208 Å². The molecule has 3 N–H and O–H groups in total. The minimum Gasteiger partial charge on any atom is -0.459 e. The molecule has 2 atom stereocenters. The molecule has 0 radical (unpaired) electrons. The number of ether oxygens (including phenoxy) is 1. The average molecular weight is 495 g/mol. The number of imidazole rings is 1. The number of likely N-dealkylation sites (tertiary alicyclic amines) is 1. The molecule has 11 heteroatoms. The third-order valence-corrected chi connectivity index (χ3v) is 9.02. The Morgan fingerprint density at radius 3 is 2.94 bits per heavy atom. The molecule has 1 aliphatic carbocycles. The summed E-state index contributed by atoms with van der Waals surface area (Å²) in [6.45, 7) is 5.06. The third-order valence-electron chi connectivity index (χ3n) is 7.94. The van der Waals surface area contributed by atoms with Crippen LogP contribution in [0, 0.1) is 11.3 Å². The van der Waals surface area contributed by atoms with Gasteiger partial charge in [0.15, 0.2) is 17.0 Å². The predicted molar refractivity (Wildman–Crippen MR) is 134 cm³/mol. The molecule has 35 heavy (non-hydrogen) atoms. The Balaban J connectivity index is 1.33. The van der Waals surface area contributed by atoms with Crippen molar-refractivity contribution in [1.82, 2.24) is 24.4 Å². The molecule has 0 amide bonds. The van der Waals surface area contributed by atoms with Gasteiger partial charge >= 0.3 is 6.01 Å². The van der Waals surface area contributed by atoms with E-state index in [-0.39, 0.29) is 18.1 Å². The number of rotatable bonds is 6. The van der Waals surface area contributed by atoms with Gasteiger partial charge in [0, 0.05) is 36.0 Å². The van der Waals surface area contributed by atoms with E-state index in [4.69, 9.17) is 20.4 Å². The minimum absolute atomic E-state index is 0.00360. The van der Waals surface area contributed by atoms with E-state index in [9.17, 15) is 10.4 Å². The Kier molecular flexibility index (Phi) is 5.36. The molecule has 1 spiro atoms. The van der Waals surface area contributed by atoms with Crippen molar-refractivity contribution in [3.8, 4) is 12.1 Å². The van der Waals surface area contributed by atoms with Crippen LogP contribution >= 0.6 is 11.3 Å². The van der Waals surface area contributed by atoms with E-state index < -0.39 is 0 Å². The lowest BCUT2D eigenvalue weighted by molar-refractivity contribution is 0.112. The van der Waals surface area contributed by atoms with Gasteiger partial charge in [0.25, 0.3) is 0 Å². The monoisotopic (exact) mass is 494 g/mol. The lowest BCUT2D eigenvalue weighted by Gasteiger charge is -2.49. The van der Waals surface area contributed by atoms with E-state index in [0.717, 1.165) is 50.3 Å². The molecule has 3 aliphatic rings. The summed E-state index contributed by atoms with van der Waals surface area (Å²) in [4.78, 5) is 19.9. The lowest BCUT2D eigenvalue weighted by atomic mass is 9.74. The topological polar surface area (TPSA) is 129 Å². The van der Waals surface area contributed by atoms with Crippen LogP contribution in [0.4, 0.5) is 10.8 Å². The zero-order valence-corrected chi connectivity index (χ0v) is 20.9. The van der Waals surface area contributed by atoms with Gasteiger partial charge in [-0.25, -0.2) is 4.98 Å². The van der Waals surface area contributed by atoms with Crippen molar-refractivity contribution in [3.63, 3.8) is 0 Å². The van der Waals surface area contributed by atoms with E-state index in [0.29, 0.717) is 40.3 Å². The Hall–Kier alpha value is -2.94. The van der Waals surface area contributed by atoms with Gasteiger partial charge in [0.1, 0.15) is 17.2 Å². The summed E-state index contributed by atoms with van der Waals surface area (Å²) in [5, 5.41) is 19.9. The number of likely N-dealkylation sites (N-methyl/N-ethyl adjacent to an activating group) is 1. The van der Waals surface area contributed by atoms with Crippen LogP contribution in [0.1, 0.15) is 42.2 Å². The SMILES string of the molecule is C[C@H](Oc1nc(N2CC3(CCc4sc(N)c(C#N)c43)C2)c2ncn(CCO)c2n1)[C@@H]1CCCN1C. The van der Waals surface area contributed by atoms with Gasteiger partial charge < -0.3 is 25.0 Å². The fourth-order valence-corrected chi connectivity index (χ4v) is 7.34. The van der Waals surface area contributed by atoms with Gasteiger partial charge in [-0.1, -0.05) is 0 Å². The van der Waals surface area contributed by atoms with Crippen LogP contribution < -0.4 is 15.4 Å². The molecule has 2 aliphatic heterocycles. The number of hydrogen-bond donors (Lipinski definition) is 2. The molecule has 6 rings (SSSR count). The number of thiophene rings is 1. The lowest BCUT2D eigenvalue weighted by Crippen LogP contribution is -2.59. The highest BCUT2D eigenvalue weighted by atomic mass is 32.1. The number of nitrogens with two attached hydrogens (primary N) is 1. The van der Waals surface area contributed by atoms with Gasteiger partial charge in [-0.05, 0) is 51.8 Å². The summed E-state index contributed by atoms with van der Waals surface area (Å²) < 4.78 is 8.14. The summed E-state index contributed by atoms with van der Waals surface area (Å²) >= 11 is 1.56. The summed E-state index contributed by atoms with van der Waals surface area (Å²) in [7, 11) is 2.13. The van der Waals surface area contributed by atoms with Crippen molar-refractivity contribution in [1.29, 1.82) is 5.26 Å². The molecule has 2 fully saturated rings. The second-order valence-electron chi connectivity index (χ2n) is 10.1. The first-order valence-electron chi connectivity index (χ1n) is 12.2. The third kappa shape index (κ3) is 3.46. The van der Waals surface area contributed by atoms with E-state index in [1.54, 1.807) is 17.7 Å². The van der Waals surface area contributed by atoms with Crippen molar-refractivity contribution in [2.24, 2.45) is 0 Å². The largest absolute Gasteiger partial charge is 0.459 e. The fourth-order valence-electron chi connectivity index (χ4n) is 6.20. The summed E-state index contributed by atoms with van der Waals surface area (Å²) in [5.74, 6) is 0.745. The van der Waals surface area contributed by atoms with Gasteiger partial charge in [-0.2, -0.15) is 15.2 Å². The summed E-state index contributed by atoms with van der Waals surface area (Å²) in [6.07, 6.45) is 5.89. The molecule has 3 aromatic rings. The van der Waals surface area contributed by atoms with E-state index in [2.05, 4.69) is 34.8 Å². The number of aliphatic hydroxyl groups excluding tert-OH is 1. The first-order valence-corrected chi connectivity index (χ1v) is 13.0. The number of aliphatic hydroxyl groups is 1. The van der Waals surface area contributed by atoms with Crippen LogP contribution in [-0.4, -0.2) is 75.0 Å². The summed E-state index contributed by atoms with van der Waals surface area (Å²) in [6, 6.07) is 3.01. The van der Waals surface area contributed by atoms with Gasteiger partial charge in [-0.3, -0.25) is 4.90 Å². The number of nitrogen functional groups attached to an aromatic ring is 1. The quantitative estimate of drug-likeness (QED) is 0.528. The second-order valence-corrected chi connectivity index (χ2v) is 11.2. The van der Waals surface area contributed by atoms with Gasteiger partial charge in [0.2, 0.25) is 0 Å². The number of anilines is 2. The zero-order chi connectivity index (χ0) is 24.3. The van der Waals surface area contributed by atoms with Crippen LogP contribution in [0.5, 0.6) is 6.01 Å². The van der Waals surface area contributed by atoms with E-state index in [1.165, 1.54) is 11.3 Å². The normalized spacial score (nSPS) is 21.9. The average Bonchev–Trinajstić information content (AvgIpc) is 3.56. The molecule has 184 valence electrons. The summed E-state index contributed by atoms with van der Waals surface area (Å²) in [5.41, 5.74) is 9.24. The zero-order valence-electron chi connectivity index (χ0n) is 20.1. The molecular weight excluding hydrogens is 464 g/mol. The first-order chi connectivity index (χ1) is 16.9. The molecule has 2 saturated heterocycles. The Morgan fingerprint density at radius 1 is 1.40 bits per heavy atom. The number of fused-ring (bicyclic) bond motifs is 3. The highest BCUT2D eigenvalue weighted by Crippen LogP contribution is 2.52. The minimum atomic E-state index is -0.0691. The van der Waals surface area contributed by atoms with Crippen LogP contribution in [-0.2, 0) is 18.4 Å². The molecule has 3 aromatic heterocycles. The molecule has 0 unspecified atom stereocenters. The first kappa shape index (κ1) is 22.5. The van der Waals surface area contributed by atoms with E-state index in [1.807, 2.05) is 4.57 Å². The molecule has 0 aromatic carbocycles. The molecule has 10 nitrogen and oxygen atoms in total. The standard InChI is InChI=1S/C24H30N8O2S/c1-14(16-4-3-7-30(16)2)34-23-28-21-19(27-13-31(21)8-9-33)22(29-23)32-11-24(12-32)6-5-17-18(24)15(10-25)20(26)35-17/h13-14,16,33H,3-9,11-12,26H2,1-2H3/t14-,16-/m0/s1. The van der Waals surface area contributed by atoms with Crippen molar-refractivity contribution < 1.29 is 9.84 Å². The van der Waals surface area contributed by atoms with Gasteiger partial charge in [-0.15, -0.1) is 11.3 Å². The van der Waals surface area contributed by atoms with Crippen molar-refractivity contribution in [2.75, 3.05) is 43.9 Å². The van der Waals surface area contributed by atoms with Crippen LogP contribution in [0.3, 0.4) is 0 Å². The molecule has 0 bridgehead atoms. The predicted octanol–water partition coefficient (Wildman–Crippen LogP) is 1.90. The number of aryl methyl sites for hydroxylation is 1.